The summed E-state index contributed by atoms with van der Waals surface area (Å²) >= 11 is 1.59. The molecule has 0 aliphatic carbocycles. The Labute approximate surface area is 138 Å². The van der Waals surface area contributed by atoms with Crippen molar-refractivity contribution in [3.8, 4) is 0 Å². The molecule has 1 unspecified atom stereocenters. The number of nitrogens with zero attached hydrogens (tertiary/aromatic N) is 1. The van der Waals surface area contributed by atoms with Crippen LogP contribution in [0.15, 0.2) is 58.3 Å². The van der Waals surface area contributed by atoms with E-state index in [1.807, 2.05) is 48.5 Å². The molecule has 120 valence electrons. The number of benzene rings is 2. The van der Waals surface area contributed by atoms with Crippen LogP contribution in [-0.4, -0.2) is 22.4 Å². The van der Waals surface area contributed by atoms with Gasteiger partial charge in [-0.25, -0.2) is 14.0 Å². The van der Waals surface area contributed by atoms with E-state index in [-0.39, 0.29) is 6.54 Å². The number of nitrogens with one attached hydrogen (secondary N) is 2. The zero-order valence-electron chi connectivity index (χ0n) is 12.4. The van der Waals surface area contributed by atoms with Gasteiger partial charge >= 0.3 is 13.7 Å². The Morgan fingerprint density at radius 1 is 1.13 bits per heavy atom. The molecule has 6 nitrogen and oxygen atoms in total. The minimum Gasteiger partial charge on any atom is -0.465 e. The average Bonchev–Trinajstić information content (AvgIpc) is 2.84. The van der Waals surface area contributed by atoms with E-state index in [0.717, 1.165) is 14.5 Å². The molecule has 3 N–H and O–H groups in total. The lowest BCUT2D eigenvalue weighted by atomic mass is 10.3. The summed E-state index contributed by atoms with van der Waals surface area (Å²) < 4.78 is 13.7. The number of carbonyl (C=O) groups is 1. The number of hydrogen-bond acceptors (Lipinski definition) is 3. The zero-order chi connectivity index (χ0) is 16.4. The van der Waals surface area contributed by atoms with E-state index in [4.69, 9.17) is 0 Å². The summed E-state index contributed by atoms with van der Waals surface area (Å²) in [7, 11) is -3.40. The Bertz CT molecular complexity index is 785. The second-order valence-corrected chi connectivity index (χ2v) is 8.15. The Kier molecular flexibility index (Phi) is 4.24. The van der Waals surface area contributed by atoms with Gasteiger partial charge in [0.1, 0.15) is 0 Å². The Morgan fingerprint density at radius 2 is 1.83 bits per heavy atom. The molecule has 0 fully saturated rings. The maximum Gasteiger partial charge on any atom is 0.415 e. The monoisotopic (exact) mass is 349 g/mol. The van der Waals surface area contributed by atoms with Gasteiger partial charge in [0, 0.05) is 16.3 Å². The highest BCUT2D eigenvalue weighted by Crippen LogP contribution is 2.57. The second-order valence-electron chi connectivity index (χ2n) is 4.92. The van der Waals surface area contributed by atoms with Crippen LogP contribution in [0.25, 0.3) is 0 Å². The van der Waals surface area contributed by atoms with Crippen molar-refractivity contribution in [2.45, 2.75) is 16.7 Å². The summed E-state index contributed by atoms with van der Waals surface area (Å²) in [5.74, 6) is 0. The van der Waals surface area contributed by atoms with Crippen molar-refractivity contribution >= 4 is 36.8 Å². The molecule has 2 aromatic carbocycles. The minimum absolute atomic E-state index is 0.131. The van der Waals surface area contributed by atoms with Gasteiger partial charge in [-0.15, -0.1) is 0 Å². The van der Waals surface area contributed by atoms with Crippen molar-refractivity contribution in [3.05, 3.63) is 48.5 Å². The molecule has 8 heteroatoms. The largest absolute Gasteiger partial charge is 0.465 e. The Balaban J connectivity index is 1.84. The molecular weight excluding hydrogens is 333 g/mol. The molecule has 1 aliphatic heterocycles. The van der Waals surface area contributed by atoms with Crippen molar-refractivity contribution in [1.82, 2.24) is 4.67 Å². The van der Waals surface area contributed by atoms with Crippen LogP contribution in [0.2, 0.25) is 0 Å². The van der Waals surface area contributed by atoms with Gasteiger partial charge in [-0.05, 0) is 37.3 Å². The van der Waals surface area contributed by atoms with Crippen molar-refractivity contribution in [3.63, 3.8) is 0 Å². The standard InChI is InChI=1S/C15H16N3O3PS/c1-2-18(15(19)20)22(21)16-13-9-8-12(10-14(13)17-22)23-11-6-4-3-5-7-11/h3-10H,2H2,1H3,(H,19,20)(H2,16,17,21). The van der Waals surface area contributed by atoms with Crippen LogP contribution < -0.4 is 10.2 Å². The van der Waals surface area contributed by atoms with Gasteiger partial charge in [0.15, 0.2) is 0 Å². The molecule has 23 heavy (non-hydrogen) atoms. The Hall–Kier alpha value is -2.11. The first-order valence-electron chi connectivity index (χ1n) is 7.06. The quantitative estimate of drug-likeness (QED) is 0.689. The third-order valence-electron chi connectivity index (χ3n) is 3.37. The van der Waals surface area contributed by atoms with E-state index in [2.05, 4.69) is 10.2 Å². The van der Waals surface area contributed by atoms with Gasteiger partial charge in [-0.1, -0.05) is 30.0 Å². The number of carboxylic acid groups (broad SMARTS) is 1. The fourth-order valence-corrected chi connectivity index (χ4v) is 5.18. The predicted molar refractivity (Wildman–Crippen MR) is 92.3 cm³/mol. The number of rotatable bonds is 4. The van der Waals surface area contributed by atoms with E-state index in [1.165, 1.54) is 0 Å². The summed E-state index contributed by atoms with van der Waals surface area (Å²) in [5, 5.41) is 14.9. The second kappa shape index (κ2) is 6.18. The van der Waals surface area contributed by atoms with Crippen LogP contribution in [0.3, 0.4) is 0 Å². The molecule has 1 heterocycles. The van der Waals surface area contributed by atoms with Crippen molar-refractivity contribution in [1.29, 1.82) is 0 Å². The minimum atomic E-state index is -3.40. The average molecular weight is 349 g/mol. The molecule has 0 bridgehead atoms. The van der Waals surface area contributed by atoms with Crippen molar-refractivity contribution < 1.29 is 14.5 Å². The zero-order valence-corrected chi connectivity index (χ0v) is 14.1. The molecule has 2 aromatic rings. The summed E-state index contributed by atoms with van der Waals surface area (Å²) in [6.45, 7) is 1.78. The highest BCUT2D eigenvalue weighted by Gasteiger charge is 2.39. The van der Waals surface area contributed by atoms with Crippen LogP contribution in [0.5, 0.6) is 0 Å². The maximum absolute atomic E-state index is 12.8. The molecule has 0 saturated carbocycles. The first-order valence-corrected chi connectivity index (χ1v) is 9.54. The van der Waals surface area contributed by atoms with Gasteiger partial charge in [0.05, 0.1) is 11.4 Å². The number of fused-ring (bicyclic) bond motifs is 1. The smallest absolute Gasteiger partial charge is 0.415 e. The summed E-state index contributed by atoms with van der Waals surface area (Å²) in [4.78, 5) is 13.3. The molecule has 1 aliphatic rings. The lowest BCUT2D eigenvalue weighted by Crippen LogP contribution is -2.29. The molecular formula is C15H16N3O3PS. The third kappa shape index (κ3) is 3.16. The molecule has 0 radical (unpaired) electrons. The summed E-state index contributed by atoms with van der Waals surface area (Å²) in [5.41, 5.74) is 1.29. The Morgan fingerprint density at radius 3 is 2.48 bits per heavy atom. The molecule has 1 atom stereocenters. The molecule has 1 amide bonds. The highest BCUT2D eigenvalue weighted by atomic mass is 32.2. The number of hydrogen-bond donors (Lipinski definition) is 3. The molecule has 0 saturated heterocycles. The summed E-state index contributed by atoms with van der Waals surface area (Å²) in [6, 6.07) is 15.5. The van der Waals surface area contributed by atoms with Crippen molar-refractivity contribution in [2.75, 3.05) is 16.7 Å². The van der Waals surface area contributed by atoms with Crippen LogP contribution in [0.1, 0.15) is 6.92 Å². The normalized spacial score (nSPS) is 18.7. The van der Waals surface area contributed by atoms with E-state index in [9.17, 15) is 14.5 Å². The van der Waals surface area contributed by atoms with E-state index in [0.29, 0.717) is 11.4 Å². The van der Waals surface area contributed by atoms with Gasteiger partial charge < -0.3 is 15.3 Å². The van der Waals surface area contributed by atoms with Crippen LogP contribution in [0.4, 0.5) is 16.2 Å². The van der Waals surface area contributed by atoms with Gasteiger partial charge in [0.2, 0.25) is 0 Å². The van der Waals surface area contributed by atoms with Gasteiger partial charge in [-0.2, -0.15) is 0 Å². The third-order valence-corrected chi connectivity index (χ3v) is 6.59. The number of anilines is 2. The van der Waals surface area contributed by atoms with Crippen molar-refractivity contribution in [2.24, 2.45) is 0 Å². The topological polar surface area (TPSA) is 81.7 Å². The molecule has 3 rings (SSSR count). The van der Waals surface area contributed by atoms with Crippen LogP contribution in [-0.2, 0) is 4.57 Å². The van der Waals surface area contributed by atoms with E-state index >= 15 is 0 Å². The predicted octanol–water partition coefficient (Wildman–Crippen LogP) is 4.78. The lowest BCUT2D eigenvalue weighted by Gasteiger charge is -2.24. The van der Waals surface area contributed by atoms with E-state index < -0.39 is 13.7 Å². The van der Waals surface area contributed by atoms with Crippen LogP contribution in [0, 0.1) is 0 Å². The highest BCUT2D eigenvalue weighted by molar-refractivity contribution is 7.99. The van der Waals surface area contributed by atoms with Gasteiger partial charge in [-0.3, -0.25) is 0 Å². The van der Waals surface area contributed by atoms with Crippen LogP contribution >= 0.6 is 19.4 Å². The first kappa shape index (κ1) is 15.8. The molecule has 0 aromatic heterocycles. The fourth-order valence-electron chi connectivity index (χ4n) is 2.33. The first-order chi connectivity index (χ1) is 11.0. The summed E-state index contributed by atoms with van der Waals surface area (Å²) in [6.07, 6.45) is -1.22. The maximum atomic E-state index is 12.8. The number of amides is 1. The fraction of sp³-hybridized carbons (Fsp3) is 0.133. The van der Waals surface area contributed by atoms with E-state index in [1.54, 1.807) is 18.7 Å². The SMILES string of the molecule is CCN(C(=O)O)P1(=O)Nc2ccc(Sc3ccccc3)cc2N1. The lowest BCUT2D eigenvalue weighted by molar-refractivity contribution is 0.173. The van der Waals surface area contributed by atoms with Gasteiger partial charge in [0.25, 0.3) is 0 Å². The molecule has 0 spiro atoms.